The lowest BCUT2D eigenvalue weighted by Gasteiger charge is -2.29. The van der Waals surface area contributed by atoms with Gasteiger partial charge in [-0.1, -0.05) is 75.8 Å². The number of hydrogen-bond donors (Lipinski definition) is 0. The molecule has 0 saturated heterocycles. The van der Waals surface area contributed by atoms with Gasteiger partial charge in [0.15, 0.2) is 11.6 Å². The summed E-state index contributed by atoms with van der Waals surface area (Å²) in [6.45, 7) is 2.10. The molecule has 2 aromatic carbocycles. The second kappa shape index (κ2) is 13.2. The van der Waals surface area contributed by atoms with Crippen LogP contribution in [0.15, 0.2) is 42.5 Å². The third-order valence-corrected chi connectivity index (χ3v) is 7.07. The van der Waals surface area contributed by atoms with E-state index in [1.54, 1.807) is 6.07 Å². The molecule has 0 aliphatic heterocycles. The lowest BCUT2D eigenvalue weighted by molar-refractivity contribution is -0.136. The van der Waals surface area contributed by atoms with Gasteiger partial charge in [0.2, 0.25) is 0 Å². The highest BCUT2D eigenvalue weighted by atomic mass is 19.4. The van der Waals surface area contributed by atoms with Crippen molar-refractivity contribution in [2.45, 2.75) is 96.1 Å². The number of benzene rings is 2. The van der Waals surface area contributed by atoms with Gasteiger partial charge in [0, 0.05) is 6.42 Å². The average Bonchev–Trinajstić information content (AvgIpc) is 2.82. The highest BCUT2D eigenvalue weighted by Crippen LogP contribution is 2.38. The van der Waals surface area contributed by atoms with E-state index in [0.717, 1.165) is 17.0 Å². The van der Waals surface area contributed by atoms with E-state index in [0.29, 0.717) is 5.92 Å². The zero-order chi connectivity index (χ0) is 24.4. The second-order valence-electron chi connectivity index (χ2n) is 9.75. The van der Waals surface area contributed by atoms with E-state index in [2.05, 4.69) is 19.1 Å². The number of rotatable bonds is 12. The number of halogens is 4. The van der Waals surface area contributed by atoms with E-state index in [-0.39, 0.29) is 18.8 Å². The zero-order valence-electron chi connectivity index (χ0n) is 20.3. The Balaban J connectivity index is 1.46. The second-order valence-corrected chi connectivity index (χ2v) is 9.75. The van der Waals surface area contributed by atoms with Crippen molar-refractivity contribution < 1.29 is 22.3 Å². The molecule has 0 atom stereocenters. The standard InChI is InChI=1S/C29H38F4O/c1-2-3-4-5-6-8-22-9-11-23(12-10-22)24-13-15-25(16-14-24)26-17-18-28(27(30)21-26)34-20-7-19-29(31,32)33/h13-18,21-23H,2-12,19-20H2,1H3/t22-,23-. The maximum absolute atomic E-state index is 14.4. The first kappa shape index (κ1) is 26.6. The van der Waals surface area contributed by atoms with Crippen molar-refractivity contribution in [3.8, 4) is 16.9 Å². The van der Waals surface area contributed by atoms with E-state index < -0.39 is 18.4 Å². The van der Waals surface area contributed by atoms with E-state index in [4.69, 9.17) is 4.74 Å². The Morgan fingerprint density at radius 2 is 1.50 bits per heavy atom. The third-order valence-electron chi connectivity index (χ3n) is 7.07. The molecule has 0 aromatic heterocycles. The minimum absolute atomic E-state index is 0.00957. The van der Waals surface area contributed by atoms with Crippen LogP contribution in [0.1, 0.15) is 95.5 Å². The van der Waals surface area contributed by atoms with Gasteiger partial charge in [0.1, 0.15) is 0 Å². The summed E-state index contributed by atoms with van der Waals surface area (Å²) in [6.07, 6.45) is 7.94. The summed E-state index contributed by atoms with van der Waals surface area (Å²) in [6, 6.07) is 13.0. The molecule has 2 aromatic rings. The molecule has 1 fully saturated rings. The van der Waals surface area contributed by atoms with Crippen LogP contribution >= 0.6 is 0 Å². The Morgan fingerprint density at radius 3 is 2.15 bits per heavy atom. The predicted molar refractivity (Wildman–Crippen MR) is 131 cm³/mol. The van der Waals surface area contributed by atoms with Crippen LogP contribution in [0.4, 0.5) is 17.6 Å². The van der Waals surface area contributed by atoms with Crippen LogP contribution in [0.2, 0.25) is 0 Å². The molecule has 34 heavy (non-hydrogen) atoms. The number of ether oxygens (including phenoxy) is 1. The van der Waals surface area contributed by atoms with Crippen molar-refractivity contribution in [3.63, 3.8) is 0 Å². The Kier molecular flexibility index (Phi) is 10.3. The molecule has 3 rings (SSSR count). The zero-order valence-corrected chi connectivity index (χ0v) is 20.3. The van der Waals surface area contributed by atoms with E-state index >= 15 is 0 Å². The van der Waals surface area contributed by atoms with Crippen molar-refractivity contribution in [3.05, 3.63) is 53.8 Å². The van der Waals surface area contributed by atoms with Gasteiger partial charge in [-0.3, -0.25) is 0 Å². The molecule has 1 aliphatic carbocycles. The summed E-state index contributed by atoms with van der Waals surface area (Å²) < 4.78 is 56.2. The first-order valence-electron chi connectivity index (χ1n) is 12.9. The Labute approximate surface area is 201 Å². The number of alkyl halides is 3. The molecule has 0 amide bonds. The molecule has 0 bridgehead atoms. The summed E-state index contributed by atoms with van der Waals surface area (Å²) >= 11 is 0. The van der Waals surface area contributed by atoms with Gasteiger partial charge < -0.3 is 4.74 Å². The summed E-state index contributed by atoms with van der Waals surface area (Å²) in [5, 5.41) is 0. The van der Waals surface area contributed by atoms with Crippen molar-refractivity contribution in [1.29, 1.82) is 0 Å². The van der Waals surface area contributed by atoms with Crippen molar-refractivity contribution >= 4 is 0 Å². The van der Waals surface area contributed by atoms with Crippen LogP contribution in [-0.2, 0) is 0 Å². The van der Waals surface area contributed by atoms with Crippen LogP contribution < -0.4 is 4.74 Å². The van der Waals surface area contributed by atoms with Crippen LogP contribution in [0.5, 0.6) is 5.75 Å². The molecular weight excluding hydrogens is 440 g/mol. The molecule has 0 spiro atoms. The largest absolute Gasteiger partial charge is 0.491 e. The maximum Gasteiger partial charge on any atom is 0.389 e. The first-order valence-corrected chi connectivity index (χ1v) is 12.9. The van der Waals surface area contributed by atoms with Gasteiger partial charge in [-0.15, -0.1) is 0 Å². The number of hydrogen-bond acceptors (Lipinski definition) is 1. The predicted octanol–water partition coefficient (Wildman–Crippen LogP) is 9.85. The normalized spacial score (nSPS) is 18.7. The van der Waals surface area contributed by atoms with E-state index in [1.807, 2.05) is 12.1 Å². The summed E-state index contributed by atoms with van der Waals surface area (Å²) in [5.41, 5.74) is 3.01. The van der Waals surface area contributed by atoms with Crippen LogP contribution in [-0.4, -0.2) is 12.8 Å². The fourth-order valence-electron chi connectivity index (χ4n) is 5.02. The van der Waals surface area contributed by atoms with Crippen LogP contribution in [0, 0.1) is 11.7 Å². The van der Waals surface area contributed by atoms with Crippen LogP contribution in [0.25, 0.3) is 11.1 Å². The Bertz CT molecular complexity index is 851. The van der Waals surface area contributed by atoms with Crippen molar-refractivity contribution in [2.75, 3.05) is 6.61 Å². The van der Waals surface area contributed by atoms with E-state index in [1.165, 1.54) is 81.9 Å². The quantitative estimate of drug-likeness (QED) is 0.218. The fraction of sp³-hybridized carbons (Fsp3) is 0.586. The third kappa shape index (κ3) is 8.63. The number of unbranched alkanes of at least 4 members (excludes halogenated alkanes) is 4. The molecule has 0 unspecified atom stereocenters. The monoisotopic (exact) mass is 478 g/mol. The average molecular weight is 479 g/mol. The summed E-state index contributed by atoms with van der Waals surface area (Å²) in [5.74, 6) is 0.926. The van der Waals surface area contributed by atoms with Gasteiger partial charge in [-0.2, -0.15) is 13.2 Å². The molecule has 0 radical (unpaired) electrons. The fourth-order valence-corrected chi connectivity index (χ4v) is 5.02. The molecule has 0 N–H and O–H groups in total. The SMILES string of the molecule is CCCCCCC[C@H]1CC[C@H](c2ccc(-c3ccc(OCCCC(F)(F)F)c(F)c3)cc2)CC1. The highest BCUT2D eigenvalue weighted by Gasteiger charge is 2.26. The molecule has 1 nitrogen and oxygen atoms in total. The van der Waals surface area contributed by atoms with Crippen molar-refractivity contribution in [1.82, 2.24) is 0 Å². The lowest BCUT2D eigenvalue weighted by atomic mass is 9.77. The van der Waals surface area contributed by atoms with Crippen molar-refractivity contribution in [2.24, 2.45) is 5.92 Å². The molecule has 5 heteroatoms. The van der Waals surface area contributed by atoms with Gasteiger partial charge in [-0.25, -0.2) is 4.39 Å². The maximum atomic E-state index is 14.4. The topological polar surface area (TPSA) is 9.23 Å². The Morgan fingerprint density at radius 1 is 0.824 bits per heavy atom. The first-order chi connectivity index (χ1) is 16.4. The van der Waals surface area contributed by atoms with Gasteiger partial charge in [0.25, 0.3) is 0 Å². The summed E-state index contributed by atoms with van der Waals surface area (Å²) in [7, 11) is 0. The lowest BCUT2D eigenvalue weighted by Crippen LogP contribution is -2.13. The van der Waals surface area contributed by atoms with Crippen LogP contribution in [0.3, 0.4) is 0 Å². The molecular formula is C29H38F4O. The highest BCUT2D eigenvalue weighted by molar-refractivity contribution is 5.64. The summed E-state index contributed by atoms with van der Waals surface area (Å²) in [4.78, 5) is 0. The van der Waals surface area contributed by atoms with Gasteiger partial charge in [-0.05, 0) is 72.8 Å². The molecule has 1 saturated carbocycles. The van der Waals surface area contributed by atoms with E-state index in [9.17, 15) is 17.6 Å². The Hall–Kier alpha value is -2.04. The molecule has 1 aliphatic rings. The van der Waals surface area contributed by atoms with Gasteiger partial charge in [0.05, 0.1) is 6.61 Å². The van der Waals surface area contributed by atoms with Gasteiger partial charge >= 0.3 is 6.18 Å². The smallest absolute Gasteiger partial charge is 0.389 e. The molecule has 188 valence electrons. The minimum Gasteiger partial charge on any atom is -0.491 e. The minimum atomic E-state index is -4.22. The molecule has 0 heterocycles.